The van der Waals surface area contributed by atoms with E-state index in [4.69, 9.17) is 0 Å². The van der Waals surface area contributed by atoms with Crippen LogP contribution in [0.15, 0.2) is 42.3 Å². The van der Waals surface area contributed by atoms with Gasteiger partial charge in [0.15, 0.2) is 0 Å². The molecule has 4 rings (SSSR count). The lowest BCUT2D eigenvalue weighted by molar-refractivity contribution is 0.102. The van der Waals surface area contributed by atoms with Crippen molar-refractivity contribution in [1.29, 1.82) is 0 Å². The van der Waals surface area contributed by atoms with Crippen molar-refractivity contribution in [3.63, 3.8) is 0 Å². The highest BCUT2D eigenvalue weighted by Crippen LogP contribution is 2.30. The lowest BCUT2D eigenvalue weighted by atomic mass is 9.95. The molecule has 24 heavy (non-hydrogen) atoms. The molecule has 0 bridgehead atoms. The summed E-state index contributed by atoms with van der Waals surface area (Å²) in [6.07, 6.45) is 7.77. The highest BCUT2D eigenvalue weighted by Gasteiger charge is 2.20. The van der Waals surface area contributed by atoms with E-state index in [1.54, 1.807) is 22.3 Å². The first-order valence-corrected chi connectivity index (χ1v) is 8.99. The number of amides is 1. The number of rotatable bonds is 4. The van der Waals surface area contributed by atoms with Crippen LogP contribution in [0.1, 0.15) is 39.2 Å². The number of hydrogen-bond donors (Lipinski definition) is 1. The van der Waals surface area contributed by atoms with Crippen molar-refractivity contribution >= 4 is 22.9 Å². The second-order valence-corrected chi connectivity index (χ2v) is 6.97. The Morgan fingerprint density at radius 3 is 2.83 bits per heavy atom. The summed E-state index contributed by atoms with van der Waals surface area (Å²) in [4.78, 5) is 17.9. The van der Waals surface area contributed by atoms with E-state index >= 15 is 0 Å². The molecule has 1 aromatic carbocycles. The number of aromatic nitrogens is 3. The van der Waals surface area contributed by atoms with E-state index in [1.165, 1.54) is 29.6 Å². The van der Waals surface area contributed by atoms with Crippen LogP contribution in [0.25, 0.3) is 0 Å². The molecular formula is C18H18N4OS. The molecule has 1 aliphatic rings. The Hall–Kier alpha value is -2.47. The Labute approximate surface area is 144 Å². The average molecular weight is 338 g/mol. The van der Waals surface area contributed by atoms with E-state index in [2.05, 4.69) is 15.4 Å². The number of nitrogens with zero attached hydrogens (tertiary/aromatic N) is 3. The van der Waals surface area contributed by atoms with Crippen LogP contribution in [0.3, 0.4) is 0 Å². The van der Waals surface area contributed by atoms with Crippen molar-refractivity contribution in [1.82, 2.24) is 14.8 Å². The molecule has 2 aromatic heterocycles. The van der Waals surface area contributed by atoms with Crippen LogP contribution >= 0.6 is 11.3 Å². The van der Waals surface area contributed by atoms with Crippen molar-refractivity contribution in [3.05, 3.63) is 63.9 Å². The van der Waals surface area contributed by atoms with Gasteiger partial charge in [-0.2, -0.15) is 5.10 Å². The van der Waals surface area contributed by atoms with Gasteiger partial charge in [-0.3, -0.25) is 4.79 Å². The van der Waals surface area contributed by atoms with Gasteiger partial charge in [0.25, 0.3) is 5.91 Å². The Morgan fingerprint density at radius 1 is 1.21 bits per heavy atom. The molecule has 1 amide bonds. The molecule has 1 aliphatic carbocycles. The first-order chi connectivity index (χ1) is 11.8. The van der Waals surface area contributed by atoms with Gasteiger partial charge in [-0.25, -0.2) is 9.67 Å². The van der Waals surface area contributed by atoms with Gasteiger partial charge in [0.05, 0.1) is 12.1 Å². The molecule has 0 saturated carbocycles. The molecule has 2 heterocycles. The van der Waals surface area contributed by atoms with E-state index in [1.807, 2.05) is 29.6 Å². The maximum atomic E-state index is 12.6. The normalized spacial score (nSPS) is 13.5. The summed E-state index contributed by atoms with van der Waals surface area (Å²) in [5, 5.41) is 9.11. The highest BCUT2D eigenvalue weighted by atomic mass is 32.1. The predicted molar refractivity (Wildman–Crippen MR) is 94.5 cm³/mol. The third kappa shape index (κ3) is 3.10. The Kier molecular flexibility index (Phi) is 4.13. The van der Waals surface area contributed by atoms with E-state index in [0.29, 0.717) is 6.54 Å². The number of benzene rings is 1. The van der Waals surface area contributed by atoms with Gasteiger partial charge in [-0.05, 0) is 48.9 Å². The Bertz CT molecular complexity index is 837. The van der Waals surface area contributed by atoms with Gasteiger partial charge >= 0.3 is 0 Å². The van der Waals surface area contributed by atoms with E-state index in [0.717, 1.165) is 29.7 Å². The van der Waals surface area contributed by atoms with Gasteiger partial charge < -0.3 is 5.32 Å². The second kappa shape index (κ2) is 6.57. The molecule has 6 heteroatoms. The Morgan fingerprint density at radius 2 is 2.04 bits per heavy atom. The summed E-state index contributed by atoms with van der Waals surface area (Å²) in [7, 11) is 0. The quantitative estimate of drug-likeness (QED) is 0.792. The van der Waals surface area contributed by atoms with E-state index in [-0.39, 0.29) is 5.91 Å². The molecule has 0 radical (unpaired) electrons. The number of thiophene rings is 1. The third-order valence-corrected chi connectivity index (χ3v) is 5.42. The topological polar surface area (TPSA) is 59.8 Å². The maximum absolute atomic E-state index is 12.6. The predicted octanol–water partition coefficient (Wildman–Crippen LogP) is 3.52. The second-order valence-electron chi connectivity index (χ2n) is 6.00. The molecule has 0 saturated heterocycles. The SMILES string of the molecule is O=C(Nc1ccc(Cn2cncn2)cc1)c1csc2c1CCCC2. The zero-order chi connectivity index (χ0) is 16.4. The number of aryl methyl sites for hydroxylation is 1. The first kappa shape index (κ1) is 15.1. The zero-order valence-electron chi connectivity index (χ0n) is 13.2. The van der Waals surface area contributed by atoms with Gasteiger partial charge in [0.2, 0.25) is 0 Å². The van der Waals surface area contributed by atoms with Crippen molar-refractivity contribution in [2.45, 2.75) is 32.2 Å². The number of carbonyl (C=O) groups excluding carboxylic acids is 1. The van der Waals surface area contributed by atoms with Crippen LogP contribution in [0.2, 0.25) is 0 Å². The molecule has 3 aromatic rings. The van der Waals surface area contributed by atoms with Crippen molar-refractivity contribution in [2.24, 2.45) is 0 Å². The van der Waals surface area contributed by atoms with Crippen LogP contribution in [-0.2, 0) is 19.4 Å². The first-order valence-electron chi connectivity index (χ1n) is 8.11. The molecule has 0 unspecified atom stereocenters. The number of fused-ring (bicyclic) bond motifs is 1. The highest BCUT2D eigenvalue weighted by molar-refractivity contribution is 7.10. The fourth-order valence-electron chi connectivity index (χ4n) is 3.08. The largest absolute Gasteiger partial charge is 0.322 e. The standard InChI is InChI=1S/C18H18N4OS/c23-18(16-10-24-17-4-2-1-3-15(16)17)21-14-7-5-13(6-8-14)9-22-12-19-11-20-22/h5-8,10-12H,1-4,9H2,(H,21,23). The van der Waals surface area contributed by atoms with E-state index < -0.39 is 0 Å². The zero-order valence-corrected chi connectivity index (χ0v) is 14.1. The fraction of sp³-hybridized carbons (Fsp3) is 0.278. The monoisotopic (exact) mass is 338 g/mol. The molecule has 5 nitrogen and oxygen atoms in total. The Balaban J connectivity index is 1.45. The number of nitrogens with one attached hydrogen (secondary N) is 1. The van der Waals surface area contributed by atoms with Crippen LogP contribution in [0.4, 0.5) is 5.69 Å². The summed E-state index contributed by atoms with van der Waals surface area (Å²) in [6, 6.07) is 7.87. The molecule has 0 aliphatic heterocycles. The molecule has 0 fully saturated rings. The average Bonchev–Trinajstić information content (AvgIpc) is 3.26. The number of anilines is 1. The van der Waals surface area contributed by atoms with Gasteiger partial charge in [0, 0.05) is 15.9 Å². The maximum Gasteiger partial charge on any atom is 0.256 e. The van der Waals surface area contributed by atoms with Crippen LogP contribution in [0.5, 0.6) is 0 Å². The number of carbonyl (C=O) groups is 1. The lowest BCUT2D eigenvalue weighted by Gasteiger charge is -2.13. The van der Waals surface area contributed by atoms with Crippen LogP contribution in [0, 0.1) is 0 Å². The minimum Gasteiger partial charge on any atom is -0.322 e. The summed E-state index contributed by atoms with van der Waals surface area (Å²) >= 11 is 1.72. The van der Waals surface area contributed by atoms with Crippen molar-refractivity contribution in [2.75, 3.05) is 5.32 Å². The van der Waals surface area contributed by atoms with Crippen molar-refractivity contribution in [3.8, 4) is 0 Å². The molecular weight excluding hydrogens is 320 g/mol. The third-order valence-electron chi connectivity index (χ3n) is 4.33. The lowest BCUT2D eigenvalue weighted by Crippen LogP contribution is -2.14. The summed E-state index contributed by atoms with van der Waals surface area (Å²) in [6.45, 7) is 0.673. The van der Waals surface area contributed by atoms with Gasteiger partial charge in [-0.1, -0.05) is 12.1 Å². The van der Waals surface area contributed by atoms with E-state index in [9.17, 15) is 4.79 Å². The van der Waals surface area contributed by atoms with Crippen molar-refractivity contribution < 1.29 is 4.79 Å². The summed E-state index contributed by atoms with van der Waals surface area (Å²) in [5.41, 5.74) is 4.04. The molecule has 0 spiro atoms. The van der Waals surface area contributed by atoms with Gasteiger partial charge in [0.1, 0.15) is 12.7 Å². The molecule has 1 N–H and O–H groups in total. The molecule has 122 valence electrons. The minimum atomic E-state index is -0.00146. The summed E-state index contributed by atoms with van der Waals surface area (Å²) < 4.78 is 1.77. The van der Waals surface area contributed by atoms with Crippen LogP contribution < -0.4 is 5.32 Å². The summed E-state index contributed by atoms with van der Waals surface area (Å²) in [5.74, 6) is -0.00146. The van der Waals surface area contributed by atoms with Crippen LogP contribution in [-0.4, -0.2) is 20.7 Å². The number of hydrogen-bond acceptors (Lipinski definition) is 4. The minimum absolute atomic E-state index is 0.00146. The molecule has 0 atom stereocenters. The fourth-order valence-corrected chi connectivity index (χ4v) is 4.20. The smallest absolute Gasteiger partial charge is 0.256 e. The van der Waals surface area contributed by atoms with Gasteiger partial charge in [-0.15, -0.1) is 11.3 Å².